The molecule has 8 heteroatoms. The minimum absolute atomic E-state index is 0. The van der Waals surface area contributed by atoms with Gasteiger partial charge in [-0.25, -0.2) is 11.9 Å². The van der Waals surface area contributed by atoms with Gasteiger partial charge in [0.2, 0.25) is 0 Å². The standard InChI is InChI=1S/2C9H9N2S.2Y/c1-3-8-7-4-5-12-9(7)11-6(2)10-8;1-3-8-10-6(2)7-4-5-12-9(7)11-8;;/h2*4-5H,2-3H2,1H3;;/q2*-1;;. The molecule has 4 heterocycles. The Bertz CT molecular complexity index is 981. The molecular formula is C18H18N4S2Y2-2. The number of aryl methyl sites for hydroxylation is 2. The Hall–Kier alpha value is 0.0278. The fraction of sp³-hybridized carbons (Fsp3) is 0.222. The molecule has 0 aliphatic rings. The second-order valence-corrected chi connectivity index (χ2v) is 6.95. The maximum absolute atomic E-state index is 4.38. The second kappa shape index (κ2) is 11.1. The van der Waals surface area contributed by atoms with Gasteiger partial charge in [0.1, 0.15) is 10.7 Å². The quantitative estimate of drug-likeness (QED) is 0.346. The topological polar surface area (TPSA) is 51.6 Å². The van der Waals surface area contributed by atoms with E-state index in [1.807, 2.05) is 23.8 Å². The van der Waals surface area contributed by atoms with Crippen LogP contribution in [0.4, 0.5) is 0 Å². The van der Waals surface area contributed by atoms with Crippen molar-refractivity contribution in [1.29, 1.82) is 0 Å². The van der Waals surface area contributed by atoms with Gasteiger partial charge >= 0.3 is 0 Å². The molecule has 130 valence electrons. The number of nitrogens with zero attached hydrogens (tertiary/aromatic N) is 4. The Morgan fingerprint density at radius 2 is 1.42 bits per heavy atom. The fourth-order valence-electron chi connectivity index (χ4n) is 2.36. The van der Waals surface area contributed by atoms with Crippen LogP contribution in [0.5, 0.6) is 0 Å². The Morgan fingerprint density at radius 3 is 2.04 bits per heavy atom. The summed E-state index contributed by atoms with van der Waals surface area (Å²) < 4.78 is 0. The van der Waals surface area contributed by atoms with Crippen LogP contribution < -0.4 is 0 Å². The summed E-state index contributed by atoms with van der Waals surface area (Å²) in [6.45, 7) is 11.8. The van der Waals surface area contributed by atoms with Crippen molar-refractivity contribution in [2.75, 3.05) is 0 Å². The molecule has 0 saturated heterocycles. The average molecular weight is 532 g/mol. The number of fused-ring (bicyclic) bond motifs is 2. The third kappa shape index (κ3) is 5.52. The second-order valence-electron chi connectivity index (χ2n) is 5.16. The van der Waals surface area contributed by atoms with Gasteiger partial charge in [-0.2, -0.15) is 0 Å². The molecule has 0 amide bonds. The van der Waals surface area contributed by atoms with Crippen LogP contribution in [0.3, 0.4) is 0 Å². The predicted molar refractivity (Wildman–Crippen MR) is 103 cm³/mol. The molecule has 0 aliphatic heterocycles. The molecule has 0 unspecified atom stereocenters. The molecule has 0 atom stereocenters. The molecule has 4 rings (SSSR count). The summed E-state index contributed by atoms with van der Waals surface area (Å²) in [6.07, 6.45) is 1.81. The zero-order valence-electron chi connectivity index (χ0n) is 14.9. The number of hydrogen-bond donors (Lipinski definition) is 0. The van der Waals surface area contributed by atoms with Crippen LogP contribution in [0, 0.1) is 13.8 Å². The molecule has 0 aliphatic carbocycles. The number of thiophene rings is 2. The van der Waals surface area contributed by atoms with E-state index in [1.54, 1.807) is 22.7 Å². The summed E-state index contributed by atoms with van der Waals surface area (Å²) in [5.41, 5.74) is 1.95. The van der Waals surface area contributed by atoms with E-state index in [1.165, 1.54) is 5.39 Å². The molecule has 0 N–H and O–H groups in total. The summed E-state index contributed by atoms with van der Waals surface area (Å²) >= 11 is 3.28. The van der Waals surface area contributed by atoms with Gasteiger partial charge in [-0.3, -0.25) is 15.0 Å². The van der Waals surface area contributed by atoms with Gasteiger partial charge in [-0.05, 0) is 29.1 Å². The SMILES string of the molecule is [CH2-]c1nc(CC)c2ccsc2n1.[CH2-]c1nc(CC)nc2sccc12.[Y].[Y]. The van der Waals surface area contributed by atoms with Gasteiger partial charge in [-0.1, -0.05) is 19.5 Å². The summed E-state index contributed by atoms with van der Waals surface area (Å²) in [6, 6.07) is 4.08. The van der Waals surface area contributed by atoms with Crippen LogP contribution >= 0.6 is 22.7 Å². The van der Waals surface area contributed by atoms with Crippen molar-refractivity contribution in [1.82, 2.24) is 19.9 Å². The van der Waals surface area contributed by atoms with E-state index in [-0.39, 0.29) is 65.4 Å². The first-order valence-electron chi connectivity index (χ1n) is 7.74. The molecule has 4 aromatic rings. The first-order valence-corrected chi connectivity index (χ1v) is 9.50. The van der Waals surface area contributed by atoms with E-state index in [9.17, 15) is 0 Å². The van der Waals surface area contributed by atoms with E-state index < -0.39 is 0 Å². The molecule has 4 aromatic heterocycles. The van der Waals surface area contributed by atoms with E-state index in [0.717, 1.165) is 45.1 Å². The van der Waals surface area contributed by atoms with Crippen LogP contribution in [0.15, 0.2) is 22.9 Å². The third-order valence-corrected chi connectivity index (χ3v) is 5.16. The van der Waals surface area contributed by atoms with Crippen molar-refractivity contribution >= 4 is 43.1 Å². The van der Waals surface area contributed by atoms with Crippen molar-refractivity contribution in [3.63, 3.8) is 0 Å². The molecule has 0 fully saturated rings. The molecule has 0 bridgehead atoms. The number of aromatic nitrogens is 4. The van der Waals surface area contributed by atoms with Crippen molar-refractivity contribution in [2.45, 2.75) is 26.7 Å². The molecule has 2 radical (unpaired) electrons. The van der Waals surface area contributed by atoms with E-state index >= 15 is 0 Å². The van der Waals surface area contributed by atoms with Gasteiger partial charge in [0.15, 0.2) is 0 Å². The van der Waals surface area contributed by atoms with Crippen molar-refractivity contribution in [3.05, 3.63) is 59.8 Å². The Kier molecular flexibility index (Phi) is 10.3. The fourth-order valence-corrected chi connectivity index (χ4v) is 3.97. The van der Waals surface area contributed by atoms with E-state index in [4.69, 9.17) is 0 Å². The summed E-state index contributed by atoms with van der Waals surface area (Å²) in [4.78, 5) is 19.3. The van der Waals surface area contributed by atoms with Crippen molar-refractivity contribution in [3.8, 4) is 0 Å². The van der Waals surface area contributed by atoms with E-state index in [2.05, 4.69) is 46.8 Å². The average Bonchev–Trinajstić information content (AvgIpc) is 3.23. The van der Waals surface area contributed by atoms with Crippen LogP contribution in [-0.4, -0.2) is 19.9 Å². The first-order chi connectivity index (χ1) is 11.6. The first kappa shape index (κ1) is 24.1. The van der Waals surface area contributed by atoms with Gasteiger partial charge in [0.25, 0.3) is 0 Å². The monoisotopic (exact) mass is 532 g/mol. The smallest absolute Gasteiger partial charge is 0.124 e. The number of hydrogen-bond acceptors (Lipinski definition) is 6. The van der Waals surface area contributed by atoms with Crippen molar-refractivity contribution < 1.29 is 65.4 Å². The molecule has 0 spiro atoms. The Balaban J connectivity index is 0.000000241. The molecular weight excluding hydrogens is 514 g/mol. The molecule has 0 saturated carbocycles. The van der Waals surface area contributed by atoms with Crippen LogP contribution in [0.2, 0.25) is 0 Å². The maximum Gasteiger partial charge on any atom is 0.124 e. The molecule has 26 heavy (non-hydrogen) atoms. The van der Waals surface area contributed by atoms with Gasteiger partial charge in [0.05, 0.1) is 0 Å². The van der Waals surface area contributed by atoms with Gasteiger partial charge in [-0.15, -0.1) is 34.1 Å². The Morgan fingerprint density at radius 1 is 0.808 bits per heavy atom. The summed E-state index contributed by atoms with van der Waals surface area (Å²) in [5, 5.41) is 6.32. The van der Waals surface area contributed by atoms with Crippen molar-refractivity contribution in [2.24, 2.45) is 0 Å². The van der Waals surface area contributed by atoms with Crippen LogP contribution in [0.25, 0.3) is 20.4 Å². The van der Waals surface area contributed by atoms with Gasteiger partial charge in [0, 0.05) is 87.7 Å². The van der Waals surface area contributed by atoms with Gasteiger partial charge < -0.3 is 6.92 Å². The van der Waals surface area contributed by atoms with Crippen LogP contribution in [-0.2, 0) is 78.3 Å². The maximum atomic E-state index is 4.38. The Labute approximate surface area is 212 Å². The zero-order chi connectivity index (χ0) is 17.1. The molecule has 4 nitrogen and oxygen atoms in total. The largest absolute Gasteiger partial charge is 0.338 e. The third-order valence-electron chi connectivity index (χ3n) is 3.55. The van der Waals surface area contributed by atoms with Crippen LogP contribution in [0.1, 0.15) is 36.9 Å². The van der Waals surface area contributed by atoms with E-state index in [0.29, 0.717) is 5.82 Å². The summed E-state index contributed by atoms with van der Waals surface area (Å²) in [7, 11) is 0. The molecule has 0 aromatic carbocycles. The predicted octanol–water partition coefficient (Wildman–Crippen LogP) is 4.87. The normalized spacial score (nSPS) is 9.92. The summed E-state index contributed by atoms with van der Waals surface area (Å²) in [5.74, 6) is 1.51. The number of rotatable bonds is 2. The zero-order valence-corrected chi connectivity index (χ0v) is 22.2. The minimum atomic E-state index is 0. The minimum Gasteiger partial charge on any atom is -0.338 e.